The molecule has 0 saturated carbocycles. The molecule has 1 rings (SSSR count). The maximum atomic E-state index is 5.94. The van der Waals surface area contributed by atoms with Crippen molar-refractivity contribution >= 4 is 0 Å². The van der Waals surface area contributed by atoms with E-state index >= 15 is 0 Å². The fraction of sp³-hybridized carbons (Fsp3) is 0.727. The van der Waals surface area contributed by atoms with E-state index in [-0.39, 0.29) is 0 Å². The van der Waals surface area contributed by atoms with Crippen LogP contribution in [0.15, 0.2) is 30.3 Å². The van der Waals surface area contributed by atoms with Gasteiger partial charge in [-0.05, 0) is 38.7 Å². The highest BCUT2D eigenvalue weighted by Gasteiger charge is 2.14. The fourth-order valence-electron chi connectivity index (χ4n) is 3.24. The van der Waals surface area contributed by atoms with Crippen LogP contribution >= 0.6 is 0 Å². The summed E-state index contributed by atoms with van der Waals surface area (Å²) in [7, 11) is 0. The van der Waals surface area contributed by atoms with Crippen LogP contribution in [0.5, 0.6) is 0 Å². The Morgan fingerprint density at radius 1 is 0.769 bits per heavy atom. The lowest BCUT2D eigenvalue weighted by atomic mass is 10.2. The third-order valence-electron chi connectivity index (χ3n) is 5.28. The number of benzene rings is 1. The van der Waals surface area contributed by atoms with Gasteiger partial charge in [0.05, 0.1) is 13.2 Å². The number of likely N-dealkylation sites (N-methyl/N-ethyl adjacent to an activating group) is 3. The zero-order valence-electron chi connectivity index (χ0n) is 17.8. The molecule has 0 N–H and O–H groups in total. The van der Waals surface area contributed by atoms with E-state index in [1.165, 1.54) is 12.1 Å². The van der Waals surface area contributed by atoms with E-state index in [4.69, 9.17) is 4.74 Å². The minimum absolute atomic E-state index is 0.449. The van der Waals surface area contributed by atoms with Gasteiger partial charge in [0.15, 0.2) is 0 Å². The Bertz CT molecular complexity index is 436. The summed E-state index contributed by atoms with van der Waals surface area (Å²) in [6, 6.07) is 10.9. The van der Waals surface area contributed by atoms with Crippen LogP contribution in [-0.4, -0.2) is 79.7 Å². The largest absolute Gasteiger partial charge is 0.375 e. The molecule has 0 fully saturated rings. The predicted octanol–water partition coefficient (Wildman–Crippen LogP) is 3.58. The zero-order valence-corrected chi connectivity index (χ0v) is 17.8. The zero-order chi connectivity index (χ0) is 19.2. The highest BCUT2D eigenvalue weighted by atomic mass is 16.5. The summed E-state index contributed by atoms with van der Waals surface area (Å²) in [5.41, 5.74) is 1.25. The van der Waals surface area contributed by atoms with Crippen LogP contribution in [0.2, 0.25) is 0 Å². The van der Waals surface area contributed by atoms with Gasteiger partial charge in [0.25, 0.3) is 0 Å². The van der Waals surface area contributed by atoms with Crippen molar-refractivity contribution < 1.29 is 4.74 Å². The molecule has 1 unspecified atom stereocenters. The van der Waals surface area contributed by atoms with Crippen LogP contribution in [0, 0.1) is 0 Å². The van der Waals surface area contributed by atoms with Crippen molar-refractivity contribution in [1.29, 1.82) is 0 Å². The van der Waals surface area contributed by atoms with Crippen molar-refractivity contribution in [2.45, 2.75) is 47.3 Å². The van der Waals surface area contributed by atoms with Gasteiger partial charge in [0.1, 0.15) is 0 Å². The normalized spacial score (nSPS) is 13.1. The van der Waals surface area contributed by atoms with Crippen LogP contribution < -0.4 is 0 Å². The van der Waals surface area contributed by atoms with E-state index in [0.717, 1.165) is 52.4 Å². The van der Waals surface area contributed by atoms with E-state index in [2.05, 4.69) is 73.6 Å². The van der Waals surface area contributed by atoms with Gasteiger partial charge >= 0.3 is 0 Å². The lowest BCUT2D eigenvalue weighted by molar-refractivity contribution is 0.0543. The number of hydrogen-bond acceptors (Lipinski definition) is 4. The van der Waals surface area contributed by atoms with E-state index in [0.29, 0.717) is 12.6 Å². The van der Waals surface area contributed by atoms with Gasteiger partial charge in [-0.1, -0.05) is 58.0 Å². The topological polar surface area (TPSA) is 19.0 Å². The summed E-state index contributed by atoms with van der Waals surface area (Å²) < 4.78 is 5.94. The number of nitrogens with zero attached hydrogens (tertiary/aromatic N) is 3. The second-order valence-corrected chi connectivity index (χ2v) is 6.94. The molecule has 4 nitrogen and oxygen atoms in total. The molecule has 0 heterocycles. The maximum Gasteiger partial charge on any atom is 0.0717 e. The van der Waals surface area contributed by atoms with Gasteiger partial charge < -0.3 is 14.5 Å². The Labute approximate surface area is 162 Å². The Morgan fingerprint density at radius 3 is 1.92 bits per heavy atom. The average molecular weight is 364 g/mol. The number of hydrogen-bond donors (Lipinski definition) is 0. The van der Waals surface area contributed by atoms with Gasteiger partial charge in [0, 0.05) is 32.2 Å². The Balaban J connectivity index is 2.31. The van der Waals surface area contributed by atoms with Crippen LogP contribution in [0.4, 0.5) is 0 Å². The summed E-state index contributed by atoms with van der Waals surface area (Å²) in [6.45, 7) is 21.8. The van der Waals surface area contributed by atoms with Crippen LogP contribution in [0.25, 0.3) is 0 Å². The maximum absolute atomic E-state index is 5.94. The molecule has 0 radical (unpaired) electrons. The first-order valence-corrected chi connectivity index (χ1v) is 10.4. The summed E-state index contributed by atoms with van der Waals surface area (Å²) in [5.74, 6) is 0. The first kappa shape index (κ1) is 23.1. The SMILES string of the molecule is CCN(CC)CCN(CC)CCN(CC)C(C)COCc1ccccc1. The van der Waals surface area contributed by atoms with Gasteiger partial charge in [-0.3, -0.25) is 4.90 Å². The molecule has 1 atom stereocenters. The lowest BCUT2D eigenvalue weighted by Crippen LogP contribution is -2.43. The molecular formula is C22H41N3O. The second kappa shape index (κ2) is 14.2. The van der Waals surface area contributed by atoms with Crippen LogP contribution in [-0.2, 0) is 11.3 Å². The van der Waals surface area contributed by atoms with Gasteiger partial charge in [-0.25, -0.2) is 0 Å². The second-order valence-electron chi connectivity index (χ2n) is 6.94. The fourth-order valence-corrected chi connectivity index (χ4v) is 3.24. The van der Waals surface area contributed by atoms with E-state index < -0.39 is 0 Å². The van der Waals surface area contributed by atoms with Crippen molar-refractivity contribution in [3.63, 3.8) is 0 Å². The molecule has 0 aliphatic rings. The summed E-state index contributed by atoms with van der Waals surface area (Å²) in [6.07, 6.45) is 0. The van der Waals surface area contributed by atoms with Crippen molar-refractivity contribution in [2.75, 3.05) is 59.0 Å². The first-order chi connectivity index (χ1) is 12.6. The molecular weight excluding hydrogens is 322 g/mol. The molecule has 0 aliphatic heterocycles. The molecule has 1 aromatic carbocycles. The quantitative estimate of drug-likeness (QED) is 0.474. The molecule has 0 aromatic heterocycles. The first-order valence-electron chi connectivity index (χ1n) is 10.4. The standard InChI is InChI=1S/C22H41N3O/c1-6-23(7-2)15-16-24(8-3)17-18-25(9-4)21(5)19-26-20-22-13-11-10-12-14-22/h10-14,21H,6-9,15-20H2,1-5H3. The number of rotatable bonds is 15. The van der Waals surface area contributed by atoms with Gasteiger partial charge in [-0.2, -0.15) is 0 Å². The molecule has 1 aromatic rings. The molecule has 0 spiro atoms. The van der Waals surface area contributed by atoms with Crippen LogP contribution in [0.1, 0.15) is 40.2 Å². The van der Waals surface area contributed by atoms with Crippen molar-refractivity contribution in [3.05, 3.63) is 35.9 Å². The third-order valence-corrected chi connectivity index (χ3v) is 5.28. The molecule has 26 heavy (non-hydrogen) atoms. The van der Waals surface area contributed by atoms with E-state index in [1.54, 1.807) is 0 Å². The summed E-state index contributed by atoms with van der Waals surface area (Å²) in [5, 5.41) is 0. The molecule has 0 saturated heterocycles. The third kappa shape index (κ3) is 9.13. The predicted molar refractivity (Wildman–Crippen MR) is 113 cm³/mol. The van der Waals surface area contributed by atoms with Crippen LogP contribution in [0.3, 0.4) is 0 Å². The highest BCUT2D eigenvalue weighted by Crippen LogP contribution is 2.05. The van der Waals surface area contributed by atoms with E-state index in [9.17, 15) is 0 Å². The molecule has 150 valence electrons. The smallest absolute Gasteiger partial charge is 0.0717 e. The Morgan fingerprint density at radius 2 is 1.35 bits per heavy atom. The van der Waals surface area contributed by atoms with Gasteiger partial charge in [-0.15, -0.1) is 0 Å². The minimum atomic E-state index is 0.449. The molecule has 4 heteroatoms. The van der Waals surface area contributed by atoms with Gasteiger partial charge in [0.2, 0.25) is 0 Å². The minimum Gasteiger partial charge on any atom is -0.375 e. The monoisotopic (exact) mass is 363 g/mol. The summed E-state index contributed by atoms with van der Waals surface area (Å²) in [4.78, 5) is 7.60. The lowest BCUT2D eigenvalue weighted by Gasteiger charge is -2.31. The van der Waals surface area contributed by atoms with E-state index in [1.807, 2.05) is 6.07 Å². The average Bonchev–Trinajstić information content (AvgIpc) is 2.68. The summed E-state index contributed by atoms with van der Waals surface area (Å²) >= 11 is 0. The molecule has 0 aliphatic carbocycles. The van der Waals surface area contributed by atoms with Crippen molar-refractivity contribution in [2.24, 2.45) is 0 Å². The Kier molecular flexibility index (Phi) is 12.6. The highest BCUT2D eigenvalue weighted by molar-refractivity contribution is 5.13. The molecule has 0 bridgehead atoms. The molecule has 0 amide bonds. The van der Waals surface area contributed by atoms with Crippen molar-refractivity contribution in [3.8, 4) is 0 Å². The number of ether oxygens (including phenoxy) is 1. The Hall–Kier alpha value is -0.940. The van der Waals surface area contributed by atoms with Crippen molar-refractivity contribution in [1.82, 2.24) is 14.7 Å².